The number of urea groups is 1. The molecule has 20 heavy (non-hydrogen) atoms. The third kappa shape index (κ3) is 2.04. The fourth-order valence-electron chi connectivity index (χ4n) is 1.73. The van der Waals surface area contributed by atoms with Crippen LogP contribution in [0, 0.1) is 0 Å². The Morgan fingerprint density at radius 3 is 2.50 bits per heavy atom. The Bertz CT molecular complexity index is 580. The summed E-state index contributed by atoms with van der Waals surface area (Å²) < 4.78 is 43.3. The van der Waals surface area contributed by atoms with Crippen molar-refractivity contribution in [2.75, 3.05) is 0 Å². The van der Waals surface area contributed by atoms with Gasteiger partial charge in [0.25, 0.3) is 5.91 Å². The number of rotatable bonds is 3. The van der Waals surface area contributed by atoms with Crippen LogP contribution < -0.4 is 5.32 Å². The van der Waals surface area contributed by atoms with Crippen LogP contribution in [0.2, 0.25) is 0 Å². The van der Waals surface area contributed by atoms with Gasteiger partial charge in [-0.1, -0.05) is 0 Å². The summed E-state index contributed by atoms with van der Waals surface area (Å²) in [6.45, 7) is 0.108. The van der Waals surface area contributed by atoms with Crippen LogP contribution >= 0.6 is 0 Å². The zero-order valence-electron chi connectivity index (χ0n) is 10.2. The third-order valence-electron chi connectivity index (χ3n) is 2.95. The highest BCUT2D eigenvalue weighted by Gasteiger charge is 2.64. The van der Waals surface area contributed by atoms with Crippen LogP contribution in [0.3, 0.4) is 0 Å². The van der Waals surface area contributed by atoms with Gasteiger partial charge in [0, 0.05) is 0 Å². The molecule has 0 aromatic carbocycles. The zero-order valence-corrected chi connectivity index (χ0v) is 10.2. The van der Waals surface area contributed by atoms with Crippen LogP contribution in [0.4, 0.5) is 18.0 Å². The highest BCUT2D eigenvalue weighted by molar-refractivity contribution is 6.07. The molecule has 2 rings (SSSR count). The first-order valence-corrected chi connectivity index (χ1v) is 5.44. The van der Waals surface area contributed by atoms with Crippen molar-refractivity contribution in [1.82, 2.24) is 10.2 Å². The Hall–Kier alpha value is -2.32. The van der Waals surface area contributed by atoms with Gasteiger partial charge in [-0.25, -0.2) is 4.79 Å². The van der Waals surface area contributed by atoms with Gasteiger partial charge in [-0.3, -0.25) is 14.5 Å². The van der Waals surface area contributed by atoms with Gasteiger partial charge < -0.3 is 9.73 Å². The lowest BCUT2D eigenvalue weighted by atomic mass is 10.0. The van der Waals surface area contributed by atoms with E-state index in [9.17, 15) is 27.6 Å². The first-order valence-electron chi connectivity index (χ1n) is 5.44. The van der Waals surface area contributed by atoms with Gasteiger partial charge in [0.1, 0.15) is 5.76 Å². The van der Waals surface area contributed by atoms with Crippen molar-refractivity contribution in [2.45, 2.75) is 25.2 Å². The number of nitrogens with zero attached hydrogens (tertiary/aromatic N) is 1. The van der Waals surface area contributed by atoms with Crippen molar-refractivity contribution >= 4 is 18.2 Å². The second-order valence-corrected chi connectivity index (χ2v) is 4.37. The van der Waals surface area contributed by atoms with Gasteiger partial charge in [-0.15, -0.1) is 0 Å². The lowest BCUT2D eigenvalue weighted by molar-refractivity contribution is -0.191. The maximum Gasteiger partial charge on any atom is 0.420 e. The van der Waals surface area contributed by atoms with E-state index in [0.717, 1.165) is 0 Å². The number of hydrogen-bond donors (Lipinski definition) is 1. The minimum atomic E-state index is -4.91. The molecule has 0 radical (unpaired) electrons. The Morgan fingerprint density at radius 2 is 2.05 bits per heavy atom. The van der Waals surface area contributed by atoms with E-state index in [1.54, 1.807) is 5.32 Å². The van der Waals surface area contributed by atoms with E-state index < -0.39 is 30.2 Å². The summed E-state index contributed by atoms with van der Waals surface area (Å²) in [6, 6.07) is 1.41. The number of nitrogens with one attached hydrogen (secondary N) is 1. The molecule has 1 aromatic rings. The number of carbonyl (C=O) groups excluding carboxylic acids is 3. The molecule has 1 aliphatic rings. The molecule has 108 valence electrons. The summed E-state index contributed by atoms with van der Waals surface area (Å²) >= 11 is 0. The second kappa shape index (κ2) is 4.36. The zero-order chi connectivity index (χ0) is 15.1. The average Bonchev–Trinajstić information content (AvgIpc) is 2.88. The largest absolute Gasteiger partial charge is 0.456 e. The SMILES string of the molecule is CC1(C(F)(F)F)NC(=O)N(Cc2ccc(C=O)o2)C1=O. The first kappa shape index (κ1) is 14.1. The number of furan rings is 1. The van der Waals surface area contributed by atoms with Crippen LogP contribution in [-0.2, 0) is 11.3 Å². The quantitative estimate of drug-likeness (QED) is 0.675. The fourth-order valence-corrected chi connectivity index (χ4v) is 1.73. The molecule has 1 saturated heterocycles. The number of aldehydes is 1. The minimum Gasteiger partial charge on any atom is -0.456 e. The van der Waals surface area contributed by atoms with E-state index >= 15 is 0 Å². The molecular formula is C11H9F3N2O4. The first-order chi connectivity index (χ1) is 9.19. The van der Waals surface area contributed by atoms with E-state index in [2.05, 4.69) is 0 Å². The van der Waals surface area contributed by atoms with Crippen molar-refractivity contribution in [3.05, 3.63) is 23.7 Å². The minimum absolute atomic E-state index is 0.0297. The Labute approximate surface area is 110 Å². The summed E-state index contributed by atoms with van der Waals surface area (Å²) in [6.07, 6.45) is -4.51. The van der Waals surface area contributed by atoms with E-state index in [0.29, 0.717) is 18.1 Å². The molecule has 9 heteroatoms. The summed E-state index contributed by atoms with van der Waals surface area (Å²) in [5.74, 6) is -1.44. The number of hydrogen-bond acceptors (Lipinski definition) is 4. The summed E-state index contributed by atoms with van der Waals surface area (Å²) in [7, 11) is 0. The van der Waals surface area contributed by atoms with E-state index in [1.165, 1.54) is 12.1 Å². The smallest absolute Gasteiger partial charge is 0.420 e. The molecule has 6 nitrogen and oxygen atoms in total. The predicted molar refractivity (Wildman–Crippen MR) is 57.6 cm³/mol. The highest BCUT2D eigenvalue weighted by Crippen LogP contribution is 2.35. The maximum atomic E-state index is 12.8. The van der Waals surface area contributed by atoms with Crippen LogP contribution in [0.25, 0.3) is 0 Å². The standard InChI is InChI=1S/C11H9F3N2O4/c1-10(11(12,13)14)8(18)16(9(19)15-10)4-6-2-3-7(5-17)20-6/h2-3,5H,4H2,1H3,(H,15,19). The van der Waals surface area contributed by atoms with Gasteiger partial charge in [0.2, 0.25) is 5.54 Å². The lowest BCUT2D eigenvalue weighted by Crippen LogP contribution is -2.56. The molecule has 2 heterocycles. The highest BCUT2D eigenvalue weighted by atomic mass is 19.4. The molecule has 0 aliphatic carbocycles. The van der Waals surface area contributed by atoms with Gasteiger partial charge in [-0.2, -0.15) is 13.2 Å². The monoisotopic (exact) mass is 290 g/mol. The van der Waals surface area contributed by atoms with Crippen LogP contribution in [0.15, 0.2) is 16.5 Å². The van der Waals surface area contributed by atoms with Gasteiger partial charge in [0.15, 0.2) is 12.0 Å². The van der Waals surface area contributed by atoms with Gasteiger partial charge in [-0.05, 0) is 19.1 Å². The molecule has 1 N–H and O–H groups in total. The number of alkyl halides is 3. The third-order valence-corrected chi connectivity index (χ3v) is 2.95. The molecule has 3 amide bonds. The summed E-state index contributed by atoms with van der Waals surface area (Å²) in [5, 5.41) is 1.61. The molecule has 1 aromatic heterocycles. The van der Waals surface area contributed by atoms with Crippen LogP contribution in [-0.4, -0.2) is 34.8 Å². The molecular weight excluding hydrogens is 281 g/mol. The Balaban J connectivity index is 2.23. The molecule has 1 unspecified atom stereocenters. The lowest BCUT2D eigenvalue weighted by Gasteiger charge is -2.24. The molecule has 0 bridgehead atoms. The van der Waals surface area contributed by atoms with Crippen LogP contribution in [0.1, 0.15) is 23.2 Å². The average molecular weight is 290 g/mol. The molecule has 1 atom stereocenters. The molecule has 0 saturated carbocycles. The number of imide groups is 1. The summed E-state index contributed by atoms with van der Waals surface area (Å²) in [4.78, 5) is 34.1. The molecule has 1 aliphatic heterocycles. The number of halogens is 3. The van der Waals surface area contributed by atoms with E-state index in [4.69, 9.17) is 4.42 Å². The maximum absolute atomic E-state index is 12.8. The Morgan fingerprint density at radius 1 is 1.40 bits per heavy atom. The Kier molecular flexibility index (Phi) is 3.07. The van der Waals surface area contributed by atoms with Gasteiger partial charge in [0.05, 0.1) is 6.54 Å². The van der Waals surface area contributed by atoms with Crippen molar-refractivity contribution < 1.29 is 32.0 Å². The molecule has 1 fully saturated rings. The fraction of sp³-hybridized carbons (Fsp3) is 0.364. The normalized spacial score (nSPS) is 23.1. The van der Waals surface area contributed by atoms with E-state index in [1.807, 2.05) is 0 Å². The predicted octanol–water partition coefficient (Wildman–Crippen LogP) is 1.46. The number of amides is 3. The molecule has 0 spiro atoms. The van der Waals surface area contributed by atoms with E-state index in [-0.39, 0.29) is 11.5 Å². The van der Waals surface area contributed by atoms with Crippen LogP contribution in [0.5, 0.6) is 0 Å². The second-order valence-electron chi connectivity index (χ2n) is 4.37. The van der Waals surface area contributed by atoms with Crippen molar-refractivity contribution in [1.29, 1.82) is 0 Å². The van der Waals surface area contributed by atoms with Gasteiger partial charge >= 0.3 is 12.2 Å². The summed E-state index contributed by atoms with van der Waals surface area (Å²) in [5.41, 5.74) is -2.95. The van der Waals surface area contributed by atoms with Crippen molar-refractivity contribution in [3.63, 3.8) is 0 Å². The van der Waals surface area contributed by atoms with Crippen molar-refractivity contribution in [2.24, 2.45) is 0 Å². The van der Waals surface area contributed by atoms with Crippen molar-refractivity contribution in [3.8, 4) is 0 Å². The topological polar surface area (TPSA) is 79.6 Å². The number of carbonyl (C=O) groups is 3.